The Bertz CT molecular complexity index is 1110. The number of nitrogens with zero attached hydrogens (tertiary/aromatic N) is 5. The molecular formula is C23H27F3N6O2. The molecular weight excluding hydrogens is 449 g/mol. The van der Waals surface area contributed by atoms with Gasteiger partial charge in [0.25, 0.3) is 0 Å². The van der Waals surface area contributed by atoms with Crippen LogP contribution in [0.2, 0.25) is 0 Å². The van der Waals surface area contributed by atoms with E-state index in [1.807, 2.05) is 9.80 Å². The van der Waals surface area contributed by atoms with E-state index in [-0.39, 0.29) is 28.7 Å². The van der Waals surface area contributed by atoms with Crippen LogP contribution in [0.4, 0.5) is 18.0 Å². The molecule has 8 nitrogen and oxygen atoms in total. The highest BCUT2D eigenvalue weighted by molar-refractivity contribution is 5.77. The number of aromatic nitrogens is 4. The summed E-state index contributed by atoms with van der Waals surface area (Å²) in [5.74, 6) is 3.50. The number of hydrogen-bond donors (Lipinski definition) is 1. The zero-order valence-electron chi connectivity index (χ0n) is 18.8. The minimum Gasteiger partial charge on any atom is -0.448 e. The number of rotatable bonds is 4. The standard InChI is InChI=1S/C23H27F3N6O2/c24-23(25,26)16-8-34-17(27-16)3-13-4-21(5-13)9-31(10-21)20(33)32-11-22(12-32)6-15(7-22)19-28-18(29-30-19)14-1-2-14/h8,13-15H,1-7,9-12H2,(H,28,29,30). The number of alkyl halides is 3. The average Bonchev–Trinajstić information content (AvgIpc) is 3.19. The van der Waals surface area contributed by atoms with Gasteiger partial charge in [-0.2, -0.15) is 13.2 Å². The molecule has 2 aliphatic heterocycles. The summed E-state index contributed by atoms with van der Waals surface area (Å²) in [6.45, 7) is 3.14. The number of halogens is 3. The number of amides is 2. The van der Waals surface area contributed by atoms with Crippen LogP contribution in [0.15, 0.2) is 10.7 Å². The third-order valence-corrected chi connectivity index (χ3v) is 8.63. The summed E-state index contributed by atoms with van der Waals surface area (Å²) in [7, 11) is 0. The molecule has 0 unspecified atom stereocenters. The molecule has 3 aliphatic carbocycles. The summed E-state index contributed by atoms with van der Waals surface area (Å²) in [5.41, 5.74) is -0.580. The van der Waals surface area contributed by atoms with Gasteiger partial charge in [0.15, 0.2) is 11.6 Å². The minimum atomic E-state index is -4.47. The van der Waals surface area contributed by atoms with Crippen molar-refractivity contribution in [3.63, 3.8) is 0 Å². The lowest BCUT2D eigenvalue weighted by atomic mass is 9.56. The molecule has 2 amide bonds. The molecule has 2 aromatic rings. The van der Waals surface area contributed by atoms with Gasteiger partial charge < -0.3 is 19.2 Å². The van der Waals surface area contributed by atoms with Gasteiger partial charge >= 0.3 is 12.2 Å². The molecule has 5 aliphatic rings. The molecule has 182 valence electrons. The summed E-state index contributed by atoms with van der Waals surface area (Å²) in [6, 6.07) is 0.126. The van der Waals surface area contributed by atoms with Gasteiger partial charge in [-0.1, -0.05) is 0 Å². The van der Waals surface area contributed by atoms with Crippen molar-refractivity contribution in [1.82, 2.24) is 30.0 Å². The lowest BCUT2D eigenvalue weighted by molar-refractivity contribution is -0.141. The van der Waals surface area contributed by atoms with E-state index in [0.29, 0.717) is 24.5 Å². The number of aromatic amines is 1. The van der Waals surface area contributed by atoms with Crippen LogP contribution in [-0.4, -0.2) is 62.2 Å². The zero-order chi connectivity index (χ0) is 23.3. The maximum Gasteiger partial charge on any atom is 0.436 e. The van der Waals surface area contributed by atoms with E-state index in [1.54, 1.807) is 0 Å². The number of nitrogens with one attached hydrogen (secondary N) is 1. The number of carbonyl (C=O) groups is 1. The van der Waals surface area contributed by atoms with Crippen molar-refractivity contribution in [3.8, 4) is 0 Å². The van der Waals surface area contributed by atoms with E-state index in [1.165, 1.54) is 12.8 Å². The quantitative estimate of drug-likeness (QED) is 0.722. The van der Waals surface area contributed by atoms with E-state index in [0.717, 1.165) is 63.5 Å². The van der Waals surface area contributed by atoms with E-state index < -0.39 is 11.9 Å². The number of urea groups is 1. The normalized spacial score (nSPS) is 25.7. The Hall–Kier alpha value is -2.59. The molecule has 0 aromatic carbocycles. The maximum atomic E-state index is 12.9. The summed E-state index contributed by atoms with van der Waals surface area (Å²) in [5, 5.41) is 8.64. The summed E-state index contributed by atoms with van der Waals surface area (Å²) >= 11 is 0. The predicted molar refractivity (Wildman–Crippen MR) is 112 cm³/mol. The molecule has 11 heteroatoms. The van der Waals surface area contributed by atoms with Gasteiger partial charge in [0.1, 0.15) is 17.9 Å². The fourth-order valence-electron chi connectivity index (χ4n) is 6.80. The first kappa shape index (κ1) is 20.8. The van der Waals surface area contributed by atoms with Crippen LogP contribution in [0.25, 0.3) is 0 Å². The van der Waals surface area contributed by atoms with Crippen molar-refractivity contribution in [2.45, 2.75) is 63.0 Å². The van der Waals surface area contributed by atoms with Crippen LogP contribution in [0.3, 0.4) is 0 Å². The molecule has 5 fully saturated rings. The SMILES string of the molecule is O=C(N1CC2(CC(Cc3nc(C(F)(F)F)co3)C2)C1)N1CC2(CC(c3nnc(C4CC4)[nH]3)C2)C1. The topological polar surface area (TPSA) is 91.2 Å². The summed E-state index contributed by atoms with van der Waals surface area (Å²) in [6.07, 6.45) is 3.02. The largest absolute Gasteiger partial charge is 0.448 e. The molecule has 0 bridgehead atoms. The maximum absolute atomic E-state index is 12.9. The first-order valence-corrected chi connectivity index (χ1v) is 12.2. The molecule has 3 saturated carbocycles. The first-order chi connectivity index (χ1) is 16.2. The smallest absolute Gasteiger partial charge is 0.436 e. The Kier molecular flexibility index (Phi) is 4.12. The highest BCUT2D eigenvalue weighted by Gasteiger charge is 2.58. The molecule has 7 rings (SSSR count). The van der Waals surface area contributed by atoms with Crippen LogP contribution >= 0.6 is 0 Å². The van der Waals surface area contributed by atoms with Gasteiger partial charge in [0.2, 0.25) is 0 Å². The first-order valence-electron chi connectivity index (χ1n) is 12.2. The lowest BCUT2D eigenvalue weighted by Crippen LogP contribution is -2.70. The van der Waals surface area contributed by atoms with E-state index in [4.69, 9.17) is 4.42 Å². The molecule has 2 saturated heterocycles. The monoisotopic (exact) mass is 476 g/mol. The second-order valence-corrected chi connectivity index (χ2v) is 11.6. The van der Waals surface area contributed by atoms with Gasteiger partial charge in [-0.3, -0.25) is 0 Å². The minimum absolute atomic E-state index is 0.126. The highest BCUT2D eigenvalue weighted by atomic mass is 19.4. The fraction of sp³-hybridized carbons (Fsp3) is 0.739. The molecule has 1 N–H and O–H groups in total. The molecule has 4 heterocycles. The predicted octanol–water partition coefficient (Wildman–Crippen LogP) is 3.94. The second kappa shape index (κ2) is 6.75. The molecule has 34 heavy (non-hydrogen) atoms. The van der Waals surface area contributed by atoms with Crippen molar-refractivity contribution in [1.29, 1.82) is 0 Å². The Labute approximate surface area is 194 Å². The van der Waals surface area contributed by atoms with Crippen LogP contribution in [0.5, 0.6) is 0 Å². The number of likely N-dealkylation sites (tertiary alicyclic amines) is 2. The lowest BCUT2D eigenvalue weighted by Gasteiger charge is -2.63. The highest BCUT2D eigenvalue weighted by Crippen LogP contribution is 2.57. The number of carbonyl (C=O) groups excluding carboxylic acids is 1. The van der Waals surface area contributed by atoms with Crippen LogP contribution in [0.1, 0.15) is 73.6 Å². The number of hydrogen-bond acceptors (Lipinski definition) is 5. The molecule has 2 spiro atoms. The fourth-order valence-corrected chi connectivity index (χ4v) is 6.80. The Balaban J connectivity index is 0.844. The third kappa shape index (κ3) is 3.33. The van der Waals surface area contributed by atoms with E-state index in [9.17, 15) is 18.0 Å². The Morgan fingerprint density at radius 2 is 1.59 bits per heavy atom. The Morgan fingerprint density at radius 3 is 2.15 bits per heavy atom. The Morgan fingerprint density at radius 1 is 1.00 bits per heavy atom. The van der Waals surface area contributed by atoms with Gasteiger partial charge in [-0.25, -0.2) is 9.78 Å². The summed E-state index contributed by atoms with van der Waals surface area (Å²) in [4.78, 5) is 23.7. The average molecular weight is 477 g/mol. The van der Waals surface area contributed by atoms with Crippen LogP contribution in [-0.2, 0) is 12.6 Å². The van der Waals surface area contributed by atoms with Gasteiger partial charge in [-0.05, 0) is 44.4 Å². The molecule has 0 atom stereocenters. The van der Waals surface area contributed by atoms with E-state index in [2.05, 4.69) is 20.2 Å². The van der Waals surface area contributed by atoms with E-state index >= 15 is 0 Å². The molecule has 0 radical (unpaired) electrons. The number of oxazole rings is 1. The van der Waals surface area contributed by atoms with Crippen molar-refractivity contribution in [2.75, 3.05) is 26.2 Å². The van der Waals surface area contributed by atoms with Crippen LogP contribution in [0, 0.1) is 16.7 Å². The second-order valence-electron chi connectivity index (χ2n) is 11.6. The van der Waals surface area contributed by atoms with Crippen molar-refractivity contribution >= 4 is 6.03 Å². The van der Waals surface area contributed by atoms with Crippen molar-refractivity contribution in [2.24, 2.45) is 16.7 Å². The van der Waals surface area contributed by atoms with Crippen LogP contribution < -0.4 is 0 Å². The third-order valence-electron chi connectivity index (χ3n) is 8.63. The van der Waals surface area contributed by atoms with Crippen molar-refractivity contribution < 1.29 is 22.4 Å². The van der Waals surface area contributed by atoms with Crippen molar-refractivity contribution in [3.05, 3.63) is 29.5 Å². The zero-order valence-corrected chi connectivity index (χ0v) is 18.8. The van der Waals surface area contributed by atoms with Gasteiger partial charge in [0, 0.05) is 55.3 Å². The molecule has 2 aromatic heterocycles. The summed E-state index contributed by atoms with van der Waals surface area (Å²) < 4.78 is 43.0. The van der Waals surface area contributed by atoms with Gasteiger partial charge in [-0.15, -0.1) is 10.2 Å². The van der Waals surface area contributed by atoms with Gasteiger partial charge in [0.05, 0.1) is 0 Å². The number of H-pyrrole nitrogens is 1.